The Labute approximate surface area is 171 Å². The van der Waals surface area contributed by atoms with Gasteiger partial charge in [-0.1, -0.05) is 39.8 Å². The fourth-order valence-corrected chi connectivity index (χ4v) is 3.18. The molecule has 1 aromatic carbocycles. The van der Waals surface area contributed by atoms with Crippen LogP contribution < -0.4 is 0 Å². The number of ether oxygens (including phenoxy) is 1. The zero-order valence-electron chi connectivity index (χ0n) is 18.0. The van der Waals surface area contributed by atoms with Gasteiger partial charge in [0.25, 0.3) is 5.91 Å². The average Bonchev–Trinajstić information content (AvgIpc) is 2.68. The van der Waals surface area contributed by atoms with Crippen molar-refractivity contribution in [2.75, 3.05) is 39.3 Å². The van der Waals surface area contributed by atoms with E-state index < -0.39 is 0 Å². The highest BCUT2D eigenvalue weighted by Crippen LogP contribution is 2.12. The fraction of sp³-hybridized carbons (Fsp3) is 0.625. The maximum Gasteiger partial charge on any atom is 0.253 e. The smallest absolute Gasteiger partial charge is 0.253 e. The van der Waals surface area contributed by atoms with Crippen molar-refractivity contribution in [3.63, 3.8) is 0 Å². The van der Waals surface area contributed by atoms with E-state index in [0.717, 1.165) is 63.3 Å². The molecule has 0 atom stereocenters. The summed E-state index contributed by atoms with van der Waals surface area (Å²) < 4.78 is 5.66. The molecule has 1 heterocycles. The summed E-state index contributed by atoms with van der Waals surface area (Å²) in [5, 5.41) is 0. The van der Waals surface area contributed by atoms with E-state index in [2.05, 4.69) is 44.4 Å². The lowest BCUT2D eigenvalue weighted by Gasteiger charge is -2.34. The first kappa shape index (κ1) is 22.5. The molecule has 0 saturated carbocycles. The van der Waals surface area contributed by atoms with Crippen LogP contribution in [0.4, 0.5) is 0 Å². The minimum Gasteiger partial charge on any atom is -0.377 e. The predicted octanol–water partition coefficient (Wildman–Crippen LogP) is 4.06. The highest BCUT2D eigenvalue weighted by Gasteiger charge is 2.21. The third-order valence-corrected chi connectivity index (χ3v) is 4.75. The number of piperazine rings is 1. The van der Waals surface area contributed by atoms with E-state index in [1.54, 1.807) is 0 Å². The number of nitrogens with zero attached hydrogens (tertiary/aromatic N) is 2. The van der Waals surface area contributed by atoms with Gasteiger partial charge in [0.1, 0.15) is 0 Å². The summed E-state index contributed by atoms with van der Waals surface area (Å²) in [5.74, 6) is 7.59. The fourth-order valence-electron chi connectivity index (χ4n) is 3.18. The van der Waals surface area contributed by atoms with Gasteiger partial charge in [0.15, 0.2) is 0 Å². The second-order valence-corrected chi connectivity index (χ2v) is 8.32. The summed E-state index contributed by atoms with van der Waals surface area (Å²) in [4.78, 5) is 17.2. The molecular formula is C24H36N2O2. The summed E-state index contributed by atoms with van der Waals surface area (Å²) in [6.07, 6.45) is 2.07. The zero-order valence-corrected chi connectivity index (χ0v) is 18.0. The van der Waals surface area contributed by atoms with Gasteiger partial charge in [0.2, 0.25) is 0 Å². The van der Waals surface area contributed by atoms with E-state index in [4.69, 9.17) is 4.74 Å². The SMILES string of the molecule is CC(C)C#CCCCN1CCN(C(=O)c2ccc(COCC(C)C)cc2)CC1. The minimum atomic E-state index is 0.136. The molecule has 154 valence electrons. The Morgan fingerprint density at radius 3 is 2.36 bits per heavy atom. The lowest BCUT2D eigenvalue weighted by atomic mass is 10.1. The Kier molecular flexibility index (Phi) is 9.54. The van der Waals surface area contributed by atoms with Crippen molar-refractivity contribution < 1.29 is 9.53 Å². The summed E-state index contributed by atoms with van der Waals surface area (Å²) in [5.41, 5.74) is 1.88. The Bertz CT molecular complexity index is 647. The van der Waals surface area contributed by atoms with Gasteiger partial charge in [0, 0.05) is 50.7 Å². The molecule has 0 spiro atoms. The largest absolute Gasteiger partial charge is 0.377 e. The second-order valence-electron chi connectivity index (χ2n) is 8.32. The van der Waals surface area contributed by atoms with Crippen LogP contribution in [0, 0.1) is 23.7 Å². The van der Waals surface area contributed by atoms with Crippen molar-refractivity contribution in [2.24, 2.45) is 11.8 Å². The number of amides is 1. The van der Waals surface area contributed by atoms with Crippen molar-refractivity contribution >= 4 is 5.91 Å². The Morgan fingerprint density at radius 2 is 1.75 bits per heavy atom. The standard InChI is InChI=1S/C24H36N2O2/c1-20(2)8-6-5-7-13-25-14-16-26(17-15-25)24(27)23-11-9-22(10-12-23)19-28-18-21(3)4/h9-12,20-21H,5,7,13-19H2,1-4H3. The molecule has 0 N–H and O–H groups in total. The molecule has 0 bridgehead atoms. The van der Waals surface area contributed by atoms with Crippen LogP contribution in [0.25, 0.3) is 0 Å². The number of carbonyl (C=O) groups excluding carboxylic acids is 1. The maximum absolute atomic E-state index is 12.7. The first-order valence-electron chi connectivity index (χ1n) is 10.6. The van der Waals surface area contributed by atoms with Crippen molar-refractivity contribution in [3.05, 3.63) is 35.4 Å². The van der Waals surface area contributed by atoms with Gasteiger partial charge >= 0.3 is 0 Å². The van der Waals surface area contributed by atoms with Gasteiger partial charge in [-0.25, -0.2) is 0 Å². The van der Waals surface area contributed by atoms with Crippen LogP contribution in [0.1, 0.15) is 56.5 Å². The van der Waals surface area contributed by atoms with E-state index in [1.165, 1.54) is 0 Å². The first-order valence-corrected chi connectivity index (χ1v) is 10.6. The van der Waals surface area contributed by atoms with Crippen LogP contribution >= 0.6 is 0 Å². The number of hydrogen-bond acceptors (Lipinski definition) is 3. The Balaban J connectivity index is 1.72. The van der Waals surface area contributed by atoms with E-state index in [0.29, 0.717) is 18.4 Å². The molecule has 1 fully saturated rings. The predicted molar refractivity (Wildman–Crippen MR) is 115 cm³/mol. The number of benzene rings is 1. The van der Waals surface area contributed by atoms with Crippen LogP contribution in [0.3, 0.4) is 0 Å². The van der Waals surface area contributed by atoms with Crippen LogP contribution in [-0.2, 0) is 11.3 Å². The van der Waals surface area contributed by atoms with E-state index >= 15 is 0 Å². The number of unbranched alkanes of at least 4 members (excludes halogenated alkanes) is 1. The Morgan fingerprint density at radius 1 is 1.07 bits per heavy atom. The van der Waals surface area contributed by atoms with Gasteiger partial charge in [-0.2, -0.15) is 0 Å². The minimum absolute atomic E-state index is 0.136. The van der Waals surface area contributed by atoms with Crippen molar-refractivity contribution in [1.29, 1.82) is 0 Å². The van der Waals surface area contributed by atoms with Gasteiger partial charge in [-0.15, -0.1) is 11.8 Å². The molecule has 1 saturated heterocycles. The molecule has 0 aromatic heterocycles. The molecule has 28 heavy (non-hydrogen) atoms. The van der Waals surface area contributed by atoms with E-state index in [1.807, 2.05) is 29.2 Å². The van der Waals surface area contributed by atoms with Crippen molar-refractivity contribution in [2.45, 2.75) is 47.1 Å². The highest BCUT2D eigenvalue weighted by atomic mass is 16.5. The third-order valence-electron chi connectivity index (χ3n) is 4.75. The van der Waals surface area contributed by atoms with Crippen LogP contribution in [0.15, 0.2) is 24.3 Å². The molecule has 2 rings (SSSR count). The lowest BCUT2D eigenvalue weighted by Crippen LogP contribution is -2.48. The van der Waals surface area contributed by atoms with Crippen molar-refractivity contribution in [1.82, 2.24) is 9.80 Å². The quantitative estimate of drug-likeness (QED) is 0.501. The molecule has 0 aliphatic carbocycles. The molecule has 1 aliphatic rings. The summed E-state index contributed by atoms with van der Waals surface area (Å²) in [7, 11) is 0. The maximum atomic E-state index is 12.7. The van der Waals surface area contributed by atoms with Crippen LogP contribution in [0.2, 0.25) is 0 Å². The van der Waals surface area contributed by atoms with Gasteiger partial charge in [0.05, 0.1) is 6.61 Å². The molecule has 0 radical (unpaired) electrons. The third kappa shape index (κ3) is 8.04. The molecule has 0 unspecified atom stereocenters. The normalized spacial score (nSPS) is 15.0. The molecule has 1 aliphatic heterocycles. The lowest BCUT2D eigenvalue weighted by molar-refractivity contribution is 0.0636. The van der Waals surface area contributed by atoms with Crippen molar-refractivity contribution in [3.8, 4) is 11.8 Å². The highest BCUT2D eigenvalue weighted by molar-refractivity contribution is 5.94. The zero-order chi connectivity index (χ0) is 20.4. The summed E-state index contributed by atoms with van der Waals surface area (Å²) >= 11 is 0. The van der Waals surface area contributed by atoms with Gasteiger partial charge in [-0.3, -0.25) is 9.69 Å². The van der Waals surface area contributed by atoms with Crippen LogP contribution in [-0.4, -0.2) is 55.0 Å². The second kappa shape index (κ2) is 11.9. The number of carbonyl (C=O) groups is 1. The number of hydrogen-bond donors (Lipinski definition) is 0. The molecular weight excluding hydrogens is 348 g/mol. The van der Waals surface area contributed by atoms with Gasteiger partial charge in [-0.05, 0) is 36.6 Å². The number of rotatable bonds is 8. The molecule has 4 heteroatoms. The van der Waals surface area contributed by atoms with E-state index in [9.17, 15) is 4.79 Å². The summed E-state index contributed by atoms with van der Waals surface area (Å²) in [6.45, 7) is 14.5. The molecule has 1 amide bonds. The first-order chi connectivity index (χ1) is 13.5. The monoisotopic (exact) mass is 384 g/mol. The average molecular weight is 385 g/mol. The summed E-state index contributed by atoms with van der Waals surface area (Å²) in [6, 6.07) is 7.86. The van der Waals surface area contributed by atoms with Gasteiger partial charge < -0.3 is 9.64 Å². The van der Waals surface area contributed by atoms with E-state index in [-0.39, 0.29) is 5.91 Å². The molecule has 4 nitrogen and oxygen atoms in total. The topological polar surface area (TPSA) is 32.8 Å². The molecule has 1 aromatic rings. The van der Waals surface area contributed by atoms with Crippen LogP contribution in [0.5, 0.6) is 0 Å². The Hall–Kier alpha value is -1.83.